The van der Waals surface area contributed by atoms with Gasteiger partial charge in [-0.3, -0.25) is 4.79 Å². The number of amides is 1. The topological polar surface area (TPSA) is 178 Å². The molecular formula is C48H46N6O7S2. The Hall–Kier alpha value is -6.20. The molecule has 4 atom stereocenters. The fourth-order valence-corrected chi connectivity index (χ4v) is 9.33. The largest absolute Gasteiger partial charge is 0.508 e. The van der Waals surface area contributed by atoms with E-state index in [1.165, 1.54) is 23.9 Å². The molecule has 0 unspecified atom stereocenters. The minimum Gasteiger partial charge on any atom is -0.508 e. The average Bonchev–Trinajstić information content (AvgIpc) is 3.79. The van der Waals surface area contributed by atoms with Crippen molar-refractivity contribution in [3.63, 3.8) is 0 Å². The lowest BCUT2D eigenvalue weighted by atomic mass is 9.99. The Kier molecular flexibility index (Phi) is 13.7. The molecule has 1 saturated heterocycles. The number of hydrogen-bond donors (Lipinski definition) is 4. The lowest BCUT2D eigenvalue weighted by Crippen LogP contribution is -2.47. The van der Waals surface area contributed by atoms with Crippen LogP contribution in [-0.4, -0.2) is 62.6 Å². The molecule has 2 heterocycles. The van der Waals surface area contributed by atoms with E-state index < -0.39 is 28.3 Å². The van der Waals surface area contributed by atoms with E-state index in [9.17, 15) is 23.4 Å². The second-order valence-corrected chi connectivity index (χ2v) is 18.0. The van der Waals surface area contributed by atoms with E-state index in [4.69, 9.17) is 9.47 Å². The van der Waals surface area contributed by atoms with Gasteiger partial charge in [-0.1, -0.05) is 127 Å². The monoisotopic (exact) mass is 882 g/mol. The summed E-state index contributed by atoms with van der Waals surface area (Å²) in [6.07, 6.45) is -0.445. The first kappa shape index (κ1) is 43.4. The lowest BCUT2D eigenvalue weighted by molar-refractivity contribution is -0.245. The maximum atomic E-state index is 13.7. The Labute approximate surface area is 370 Å². The molecule has 15 heteroatoms. The van der Waals surface area contributed by atoms with Crippen LogP contribution in [0.1, 0.15) is 52.2 Å². The number of aliphatic hydroxyl groups is 1. The molecule has 1 amide bonds. The number of sulfonamides is 1. The zero-order valence-corrected chi connectivity index (χ0v) is 36.0. The zero-order chi connectivity index (χ0) is 43.8. The second kappa shape index (κ2) is 19.9. The number of aromatic nitrogens is 4. The third-order valence-electron chi connectivity index (χ3n) is 10.7. The molecule has 7 aromatic rings. The van der Waals surface area contributed by atoms with E-state index in [0.29, 0.717) is 17.3 Å². The number of phenolic OH excluding ortho intramolecular Hbond substituents is 1. The van der Waals surface area contributed by atoms with Crippen molar-refractivity contribution in [2.24, 2.45) is 0 Å². The molecule has 0 aliphatic carbocycles. The van der Waals surface area contributed by atoms with Crippen molar-refractivity contribution in [3.05, 3.63) is 185 Å². The van der Waals surface area contributed by atoms with Gasteiger partial charge in [0.1, 0.15) is 11.8 Å². The first-order chi connectivity index (χ1) is 30.6. The standard InChI is InChI=1S/C48H46N6O7S2/c1-32-10-24-43(25-11-32)63(58,59)51-44(27-33-6-3-2-4-7-33)46(57)49-29-35-8-5-9-39(26-35)36-16-18-38(19-17-36)47-60-42(28-45(61-47)37-14-12-34(30-55)13-15-37)31-62-48-50-52-53-54(48)40-20-22-41(56)23-21-40/h2-26,42,44-45,47,51,55-56H,27-31H2,1H3,(H,49,57)/t42-,44-,45+,47+/m1/s1. The molecule has 63 heavy (non-hydrogen) atoms. The predicted octanol–water partition coefficient (Wildman–Crippen LogP) is 7.38. The van der Waals surface area contributed by atoms with Crippen molar-refractivity contribution in [3.8, 4) is 22.6 Å². The number of nitrogens with zero attached hydrogens (tertiary/aromatic N) is 4. The number of nitrogens with one attached hydrogen (secondary N) is 2. The zero-order valence-electron chi connectivity index (χ0n) is 34.3. The Bertz CT molecular complexity index is 2720. The molecule has 0 spiro atoms. The number of thioether (sulfide) groups is 1. The van der Waals surface area contributed by atoms with E-state index in [1.807, 2.05) is 110 Å². The molecule has 322 valence electrons. The van der Waals surface area contributed by atoms with Gasteiger partial charge in [0, 0.05) is 24.3 Å². The summed E-state index contributed by atoms with van der Waals surface area (Å²) >= 11 is 1.46. The van der Waals surface area contributed by atoms with E-state index in [1.54, 1.807) is 41.1 Å². The second-order valence-electron chi connectivity index (χ2n) is 15.3. The van der Waals surface area contributed by atoms with E-state index in [-0.39, 0.29) is 42.4 Å². The highest BCUT2D eigenvalue weighted by Crippen LogP contribution is 2.40. The number of rotatable bonds is 16. The highest BCUT2D eigenvalue weighted by molar-refractivity contribution is 7.99. The lowest BCUT2D eigenvalue weighted by Gasteiger charge is -2.36. The van der Waals surface area contributed by atoms with Gasteiger partial charge in [-0.15, -0.1) is 5.10 Å². The number of benzene rings is 6. The van der Waals surface area contributed by atoms with Crippen LogP contribution in [0.2, 0.25) is 0 Å². The number of aromatic hydroxyl groups is 1. The number of tetrazole rings is 1. The van der Waals surface area contributed by atoms with Gasteiger partial charge in [0.2, 0.25) is 21.1 Å². The van der Waals surface area contributed by atoms with Crippen molar-refractivity contribution in [2.45, 2.75) is 67.5 Å². The van der Waals surface area contributed by atoms with Crippen LogP contribution in [0.5, 0.6) is 5.75 Å². The number of phenols is 1. The molecule has 0 bridgehead atoms. The summed E-state index contributed by atoms with van der Waals surface area (Å²) in [5, 5.41) is 35.2. The summed E-state index contributed by atoms with van der Waals surface area (Å²) in [5.41, 5.74) is 7.81. The molecule has 4 N–H and O–H groups in total. The number of carbonyl (C=O) groups excluding carboxylic acids is 1. The molecule has 13 nitrogen and oxygen atoms in total. The van der Waals surface area contributed by atoms with E-state index >= 15 is 0 Å². The summed E-state index contributed by atoms with van der Waals surface area (Å²) in [6, 6.07) is 45.0. The van der Waals surface area contributed by atoms with Crippen LogP contribution in [0, 0.1) is 6.92 Å². The van der Waals surface area contributed by atoms with Crippen molar-refractivity contribution in [1.29, 1.82) is 0 Å². The van der Waals surface area contributed by atoms with Crippen LogP contribution in [0.4, 0.5) is 0 Å². The summed E-state index contributed by atoms with van der Waals surface area (Å²) in [7, 11) is -3.98. The fraction of sp³-hybridized carbons (Fsp3) is 0.208. The maximum absolute atomic E-state index is 13.7. The normalized spacial score (nSPS) is 17.0. The number of ether oxygens (including phenoxy) is 2. The minimum absolute atomic E-state index is 0.0510. The number of hydrogen-bond acceptors (Lipinski definition) is 11. The smallest absolute Gasteiger partial charge is 0.241 e. The molecular weight excluding hydrogens is 837 g/mol. The molecule has 8 rings (SSSR count). The molecule has 1 aliphatic heterocycles. The van der Waals surface area contributed by atoms with Crippen molar-refractivity contribution in [1.82, 2.24) is 30.2 Å². The predicted molar refractivity (Wildman–Crippen MR) is 239 cm³/mol. The van der Waals surface area contributed by atoms with Crippen LogP contribution in [0.15, 0.2) is 162 Å². The Balaban J connectivity index is 0.952. The number of carbonyl (C=O) groups is 1. The number of aryl methyl sites for hydroxylation is 1. The van der Waals surface area contributed by atoms with Gasteiger partial charge in [-0.25, -0.2) is 8.42 Å². The maximum Gasteiger partial charge on any atom is 0.241 e. The Morgan fingerprint density at radius 1 is 0.810 bits per heavy atom. The summed E-state index contributed by atoms with van der Waals surface area (Å²) < 4.78 is 44.2. The average molecular weight is 883 g/mol. The highest BCUT2D eigenvalue weighted by Gasteiger charge is 2.33. The summed E-state index contributed by atoms with van der Waals surface area (Å²) in [4.78, 5) is 13.8. The van der Waals surface area contributed by atoms with Crippen LogP contribution < -0.4 is 10.0 Å². The van der Waals surface area contributed by atoms with Crippen molar-refractivity contribution < 1.29 is 32.9 Å². The van der Waals surface area contributed by atoms with Gasteiger partial charge in [0.15, 0.2) is 6.29 Å². The highest BCUT2D eigenvalue weighted by atomic mass is 32.2. The molecule has 1 aromatic heterocycles. The van der Waals surface area contributed by atoms with Gasteiger partial charge >= 0.3 is 0 Å². The van der Waals surface area contributed by atoms with Gasteiger partial charge in [-0.2, -0.15) is 9.40 Å². The Morgan fingerprint density at radius 3 is 2.25 bits per heavy atom. The van der Waals surface area contributed by atoms with Crippen LogP contribution in [0.3, 0.4) is 0 Å². The van der Waals surface area contributed by atoms with Gasteiger partial charge in [-0.05, 0) is 99.6 Å². The third kappa shape index (κ3) is 11.1. The van der Waals surface area contributed by atoms with Gasteiger partial charge in [0.25, 0.3) is 0 Å². The first-order valence-electron chi connectivity index (χ1n) is 20.4. The molecule has 1 aliphatic rings. The summed E-state index contributed by atoms with van der Waals surface area (Å²) in [6.45, 7) is 2.02. The van der Waals surface area contributed by atoms with Crippen LogP contribution in [0.25, 0.3) is 16.8 Å². The molecule has 1 fully saturated rings. The van der Waals surface area contributed by atoms with E-state index in [0.717, 1.165) is 50.2 Å². The quantitative estimate of drug-likeness (QED) is 0.0713. The van der Waals surface area contributed by atoms with E-state index in [2.05, 4.69) is 25.6 Å². The minimum atomic E-state index is -3.98. The molecule has 0 saturated carbocycles. The number of aliphatic hydroxyl groups excluding tert-OH is 1. The van der Waals surface area contributed by atoms with Crippen LogP contribution >= 0.6 is 11.8 Å². The van der Waals surface area contributed by atoms with Gasteiger partial charge in [0.05, 0.1) is 29.4 Å². The summed E-state index contributed by atoms with van der Waals surface area (Å²) in [5.74, 6) is 0.250. The third-order valence-corrected chi connectivity index (χ3v) is 13.2. The SMILES string of the molecule is Cc1ccc(S(=O)(=O)N[C@H](Cc2ccccc2)C(=O)NCc2cccc(-c3ccc([C@H]4O[C@@H](CSc5nnnn5-c5ccc(O)cc5)C[C@@H](c5ccc(CO)cc5)O4)cc3)c2)cc1. The van der Waals surface area contributed by atoms with Crippen LogP contribution in [-0.2, 0) is 43.9 Å². The molecule has 6 aromatic carbocycles. The first-order valence-corrected chi connectivity index (χ1v) is 22.9. The fourth-order valence-electron chi connectivity index (χ4n) is 7.23. The van der Waals surface area contributed by atoms with Gasteiger partial charge < -0.3 is 25.0 Å². The molecule has 0 radical (unpaired) electrons. The Morgan fingerprint density at radius 2 is 1.52 bits per heavy atom. The van der Waals surface area contributed by atoms with Crippen molar-refractivity contribution >= 4 is 27.7 Å². The van der Waals surface area contributed by atoms with Crippen molar-refractivity contribution in [2.75, 3.05) is 5.75 Å².